The highest BCUT2D eigenvalue weighted by Gasteiger charge is 2.54. The van der Waals surface area contributed by atoms with Gasteiger partial charge in [0, 0.05) is 25.8 Å². The minimum absolute atomic E-state index is 0.187. The van der Waals surface area contributed by atoms with Gasteiger partial charge in [0.1, 0.15) is 11.2 Å². The molecule has 2 aromatic heterocycles. The Bertz CT molecular complexity index is 958. The molecule has 1 saturated heterocycles. The molecule has 1 aliphatic carbocycles. The van der Waals surface area contributed by atoms with Crippen LogP contribution in [0.3, 0.4) is 0 Å². The monoisotopic (exact) mass is 372 g/mol. The molecule has 0 atom stereocenters. The molecule has 2 fully saturated rings. The summed E-state index contributed by atoms with van der Waals surface area (Å²) in [4.78, 5) is 32.7. The van der Waals surface area contributed by atoms with Gasteiger partial charge >= 0.3 is 6.09 Å². The molecule has 0 radical (unpaired) electrons. The topological polar surface area (TPSA) is 87.4 Å². The quantitative estimate of drug-likeness (QED) is 0.824. The van der Waals surface area contributed by atoms with E-state index in [2.05, 4.69) is 9.88 Å². The van der Waals surface area contributed by atoms with E-state index in [1.807, 2.05) is 31.7 Å². The molecular weight excluding hydrogens is 348 g/mol. The van der Waals surface area contributed by atoms with Crippen LogP contribution in [0.25, 0.3) is 5.65 Å². The van der Waals surface area contributed by atoms with Crippen molar-refractivity contribution in [1.82, 2.24) is 14.3 Å². The van der Waals surface area contributed by atoms with Gasteiger partial charge in [0.25, 0.3) is 5.56 Å². The van der Waals surface area contributed by atoms with Gasteiger partial charge < -0.3 is 14.7 Å². The van der Waals surface area contributed by atoms with Crippen LogP contribution in [-0.2, 0) is 4.74 Å². The first-order chi connectivity index (χ1) is 12.7. The Morgan fingerprint density at radius 1 is 1.26 bits per heavy atom. The molecule has 0 unspecified atom stereocenters. The zero-order valence-corrected chi connectivity index (χ0v) is 15.8. The number of ether oxygens (including phenoxy) is 1. The van der Waals surface area contributed by atoms with E-state index in [0.29, 0.717) is 25.3 Å². The van der Waals surface area contributed by atoms with Crippen molar-refractivity contribution in [2.24, 2.45) is 0 Å². The van der Waals surface area contributed by atoms with E-state index in [1.165, 1.54) is 4.40 Å². The Balaban J connectivity index is 1.57. The summed E-state index contributed by atoms with van der Waals surface area (Å²) in [5.41, 5.74) is 0.271. The van der Waals surface area contributed by atoms with Crippen LogP contribution in [0.5, 0.6) is 5.88 Å². The normalized spacial score (nSPS) is 18.8. The van der Waals surface area contributed by atoms with E-state index in [4.69, 9.17) is 4.74 Å². The number of aromatic nitrogens is 2. The third-order valence-corrected chi connectivity index (χ3v) is 5.09. The summed E-state index contributed by atoms with van der Waals surface area (Å²) in [5, 5.41) is 9.48. The van der Waals surface area contributed by atoms with Crippen molar-refractivity contribution in [3.63, 3.8) is 0 Å². The third kappa shape index (κ3) is 3.31. The van der Waals surface area contributed by atoms with Gasteiger partial charge in [-0.1, -0.05) is 0 Å². The SMILES string of the molecule is CC(C)(C)OC(=O)N1CCN(c2ccc3nc(O)cc(=O)n3c2)CC12CC2. The smallest absolute Gasteiger partial charge is 0.410 e. The lowest BCUT2D eigenvalue weighted by Crippen LogP contribution is -2.58. The Hall–Kier alpha value is -2.77. The molecule has 2 aromatic rings. The van der Waals surface area contributed by atoms with Crippen molar-refractivity contribution in [3.05, 3.63) is 34.7 Å². The van der Waals surface area contributed by atoms with Crippen LogP contribution in [0.1, 0.15) is 33.6 Å². The summed E-state index contributed by atoms with van der Waals surface area (Å²) in [6.45, 7) is 7.57. The van der Waals surface area contributed by atoms with Gasteiger partial charge in [-0.3, -0.25) is 14.1 Å². The third-order valence-electron chi connectivity index (χ3n) is 5.09. The second kappa shape index (κ2) is 5.87. The second-order valence-corrected chi connectivity index (χ2v) is 8.35. The maximum Gasteiger partial charge on any atom is 0.410 e. The number of amides is 1. The lowest BCUT2D eigenvalue weighted by molar-refractivity contribution is 0.0106. The van der Waals surface area contributed by atoms with E-state index in [0.717, 1.165) is 24.6 Å². The molecule has 1 N–H and O–H groups in total. The van der Waals surface area contributed by atoms with Gasteiger partial charge in [0.05, 0.1) is 17.3 Å². The number of nitrogens with zero attached hydrogens (tertiary/aromatic N) is 4. The molecule has 4 rings (SSSR count). The highest BCUT2D eigenvalue weighted by atomic mass is 16.6. The molecule has 2 aliphatic rings. The number of aromatic hydroxyl groups is 1. The number of rotatable bonds is 1. The number of pyridine rings is 1. The predicted octanol–water partition coefficient (Wildman–Crippen LogP) is 1.99. The largest absolute Gasteiger partial charge is 0.493 e. The van der Waals surface area contributed by atoms with Crippen LogP contribution in [-0.4, -0.2) is 56.3 Å². The fourth-order valence-corrected chi connectivity index (χ4v) is 3.64. The van der Waals surface area contributed by atoms with Crippen molar-refractivity contribution in [2.45, 2.75) is 44.8 Å². The Morgan fingerprint density at radius 3 is 2.67 bits per heavy atom. The lowest BCUT2D eigenvalue weighted by atomic mass is 10.1. The molecular formula is C19H24N4O4. The van der Waals surface area contributed by atoms with Gasteiger partial charge in [0.15, 0.2) is 0 Å². The molecule has 0 bridgehead atoms. The molecule has 144 valence electrons. The first kappa shape index (κ1) is 17.6. The molecule has 1 spiro atoms. The zero-order chi connectivity index (χ0) is 19.4. The van der Waals surface area contributed by atoms with Gasteiger partial charge in [0.2, 0.25) is 5.88 Å². The number of hydrogen-bond donors (Lipinski definition) is 1. The molecule has 1 aliphatic heterocycles. The summed E-state index contributed by atoms with van der Waals surface area (Å²) < 4.78 is 6.99. The van der Waals surface area contributed by atoms with Gasteiger partial charge in [-0.15, -0.1) is 0 Å². The minimum atomic E-state index is -0.512. The van der Waals surface area contributed by atoms with E-state index < -0.39 is 5.60 Å². The van der Waals surface area contributed by atoms with Crippen LogP contribution in [0.4, 0.5) is 10.5 Å². The average Bonchev–Trinajstić information content (AvgIpc) is 3.32. The van der Waals surface area contributed by atoms with Crippen LogP contribution in [0, 0.1) is 0 Å². The van der Waals surface area contributed by atoms with Crippen molar-refractivity contribution in [1.29, 1.82) is 0 Å². The van der Waals surface area contributed by atoms with Crippen LogP contribution in [0.2, 0.25) is 0 Å². The molecule has 27 heavy (non-hydrogen) atoms. The zero-order valence-electron chi connectivity index (χ0n) is 15.8. The summed E-state index contributed by atoms with van der Waals surface area (Å²) in [5.74, 6) is -0.282. The van der Waals surface area contributed by atoms with Gasteiger partial charge in [-0.05, 0) is 45.7 Å². The fraction of sp³-hybridized carbons (Fsp3) is 0.526. The summed E-state index contributed by atoms with van der Waals surface area (Å²) >= 11 is 0. The van der Waals surface area contributed by atoms with Crippen molar-refractivity contribution in [3.8, 4) is 5.88 Å². The maximum atomic E-state index is 12.6. The van der Waals surface area contributed by atoms with Crippen LogP contribution < -0.4 is 10.5 Å². The van der Waals surface area contributed by atoms with Gasteiger partial charge in [-0.25, -0.2) is 4.79 Å². The number of fused-ring (bicyclic) bond motifs is 1. The molecule has 0 aromatic carbocycles. The highest BCUT2D eigenvalue weighted by Crippen LogP contribution is 2.45. The molecule has 1 amide bonds. The lowest BCUT2D eigenvalue weighted by Gasteiger charge is -2.43. The number of anilines is 1. The number of carbonyl (C=O) groups excluding carboxylic acids is 1. The predicted molar refractivity (Wildman–Crippen MR) is 100 cm³/mol. The summed E-state index contributed by atoms with van der Waals surface area (Å²) in [6, 6.07) is 4.70. The Morgan fingerprint density at radius 2 is 2.00 bits per heavy atom. The summed E-state index contributed by atoms with van der Waals surface area (Å²) in [6.07, 6.45) is 3.38. The van der Waals surface area contributed by atoms with Crippen LogP contribution >= 0.6 is 0 Å². The average molecular weight is 372 g/mol. The standard InChI is InChI=1S/C19H24N4O4/c1-18(2,3)27-17(26)23-9-8-21(12-19(23)6-7-19)13-4-5-14-20-15(24)10-16(25)22(14)11-13/h4-5,10-11,24H,6-9,12H2,1-3H3. The van der Waals surface area contributed by atoms with E-state index in [1.54, 1.807) is 12.3 Å². The van der Waals surface area contributed by atoms with Crippen LogP contribution in [0.15, 0.2) is 29.2 Å². The van der Waals surface area contributed by atoms with Crippen molar-refractivity contribution >= 4 is 17.4 Å². The number of carbonyl (C=O) groups is 1. The van der Waals surface area contributed by atoms with Gasteiger partial charge in [-0.2, -0.15) is 4.98 Å². The Kier molecular flexibility index (Phi) is 3.83. The fourth-order valence-electron chi connectivity index (χ4n) is 3.64. The van der Waals surface area contributed by atoms with Crippen molar-refractivity contribution in [2.75, 3.05) is 24.5 Å². The number of piperazine rings is 1. The molecule has 8 heteroatoms. The first-order valence-electron chi connectivity index (χ1n) is 9.15. The molecule has 3 heterocycles. The summed E-state index contributed by atoms with van der Waals surface area (Å²) in [7, 11) is 0. The number of hydrogen-bond acceptors (Lipinski definition) is 6. The first-order valence-corrected chi connectivity index (χ1v) is 9.15. The van der Waals surface area contributed by atoms with E-state index >= 15 is 0 Å². The molecule has 1 saturated carbocycles. The molecule has 8 nitrogen and oxygen atoms in total. The minimum Gasteiger partial charge on any atom is -0.493 e. The highest BCUT2D eigenvalue weighted by molar-refractivity contribution is 5.71. The van der Waals surface area contributed by atoms with Crippen molar-refractivity contribution < 1.29 is 14.6 Å². The van der Waals surface area contributed by atoms with E-state index in [9.17, 15) is 14.7 Å². The maximum absolute atomic E-state index is 12.6. The Labute approximate surface area is 157 Å². The second-order valence-electron chi connectivity index (χ2n) is 8.35. The van der Waals surface area contributed by atoms with E-state index in [-0.39, 0.29) is 23.1 Å².